The highest BCUT2D eigenvalue weighted by Crippen LogP contribution is 2.15. The normalized spacial score (nSPS) is 17.8. The minimum atomic E-state index is -2.50. The van der Waals surface area contributed by atoms with Gasteiger partial charge in [-0.1, -0.05) is 0 Å². The average molecular weight is 172 g/mol. The molecule has 0 N–H and O–H groups in total. The van der Waals surface area contributed by atoms with Crippen LogP contribution >= 0.6 is 10.8 Å². The van der Waals surface area contributed by atoms with Gasteiger partial charge in [0.2, 0.25) is 0 Å². The highest BCUT2D eigenvalue weighted by atomic mass is 33.1. The lowest BCUT2D eigenvalue weighted by molar-refractivity contribution is 0.361. The summed E-state index contributed by atoms with van der Waals surface area (Å²) >= 11 is 0. The lowest BCUT2D eigenvalue weighted by Crippen LogP contribution is -2.09. The molecule has 0 radical (unpaired) electrons. The molecule has 0 amide bonds. The van der Waals surface area contributed by atoms with Gasteiger partial charge in [0.25, 0.3) is 0 Å². The van der Waals surface area contributed by atoms with E-state index in [1.54, 1.807) is 6.92 Å². The van der Waals surface area contributed by atoms with Crippen LogP contribution in [0.25, 0.3) is 0 Å². The molecule has 5 heteroatoms. The van der Waals surface area contributed by atoms with Crippen LogP contribution in [-0.2, 0) is 9.74 Å². The average Bonchev–Trinajstić information content (AvgIpc) is 1.63. The number of rotatable bonds is 3. The third-order valence-corrected chi connectivity index (χ3v) is 3.29. The van der Waals surface area contributed by atoms with Crippen molar-refractivity contribution in [1.29, 1.82) is 0 Å². The van der Waals surface area contributed by atoms with E-state index in [4.69, 9.17) is 0 Å². The molecule has 0 fully saturated rings. The van der Waals surface area contributed by atoms with Gasteiger partial charge in [-0.15, -0.1) is 0 Å². The number of hydrogen-bond donors (Lipinski definition) is 1. The summed E-state index contributed by atoms with van der Waals surface area (Å²) in [5.41, 5.74) is 0. The Morgan fingerprint density at radius 2 is 1.89 bits per heavy atom. The Hall–Kier alpha value is 0.230. The van der Waals surface area contributed by atoms with Crippen LogP contribution in [0.4, 0.5) is 4.39 Å². The summed E-state index contributed by atoms with van der Waals surface area (Å²) in [5, 5.41) is -0.453. The summed E-state index contributed by atoms with van der Waals surface area (Å²) in [4.78, 5) is 0. The van der Waals surface area contributed by atoms with Crippen LogP contribution in [-0.4, -0.2) is 19.8 Å². The third-order valence-electron chi connectivity index (χ3n) is 0.899. The Kier molecular flexibility index (Phi) is 4.22. The van der Waals surface area contributed by atoms with E-state index >= 15 is 0 Å². The molecule has 0 aliphatic heterocycles. The van der Waals surface area contributed by atoms with Gasteiger partial charge in [-0.05, 0) is 24.6 Å². The van der Waals surface area contributed by atoms with Crippen molar-refractivity contribution in [1.82, 2.24) is 0 Å². The van der Waals surface area contributed by atoms with Crippen molar-refractivity contribution in [3.63, 3.8) is 0 Å². The fourth-order valence-corrected chi connectivity index (χ4v) is 1.98. The summed E-state index contributed by atoms with van der Waals surface area (Å²) in [6.07, 6.45) is -1.07. The molecule has 0 bridgehead atoms. The lowest BCUT2D eigenvalue weighted by Gasteiger charge is -2.05. The zero-order chi connectivity index (χ0) is 7.44. The maximum absolute atomic E-state index is 12.2. The number of alkyl halides is 1. The van der Waals surface area contributed by atoms with E-state index in [0.29, 0.717) is 10.8 Å². The smallest absolute Gasteiger partial charge is 0.191 e. The van der Waals surface area contributed by atoms with Crippen molar-refractivity contribution in [2.45, 2.75) is 25.3 Å². The molecule has 56 valence electrons. The van der Waals surface area contributed by atoms with Gasteiger partial charge >= 0.3 is 0 Å². The topological polar surface area (TPSA) is 34.1 Å². The van der Waals surface area contributed by atoms with Crippen LogP contribution in [0.15, 0.2) is 0 Å². The minimum absolute atomic E-state index is 0.453. The van der Waals surface area contributed by atoms with Crippen molar-refractivity contribution in [2.75, 3.05) is 0 Å². The van der Waals surface area contributed by atoms with Crippen LogP contribution in [0.2, 0.25) is 0 Å². The van der Waals surface area contributed by atoms with Crippen molar-refractivity contribution < 1.29 is 12.8 Å². The van der Waals surface area contributed by atoms with Gasteiger partial charge in [-0.3, -0.25) is 0 Å². The first kappa shape index (κ1) is 9.23. The Morgan fingerprint density at radius 3 is 2.00 bits per heavy atom. The number of halogens is 1. The highest BCUT2D eigenvalue weighted by Gasteiger charge is 2.11. The monoisotopic (exact) mass is 172 g/mol. The van der Waals surface area contributed by atoms with Crippen LogP contribution < -0.4 is 0 Å². The molecular weight excluding hydrogens is 163 g/mol. The molecule has 9 heavy (non-hydrogen) atoms. The maximum atomic E-state index is 12.2. The fraction of sp³-hybridized carbons (Fsp3) is 1.00. The molecule has 0 aliphatic carbocycles. The summed E-state index contributed by atoms with van der Waals surface area (Å²) in [7, 11) is -1.85. The van der Waals surface area contributed by atoms with E-state index in [2.05, 4.69) is 0 Å². The molecule has 0 aromatic carbocycles. The van der Waals surface area contributed by atoms with Crippen molar-refractivity contribution in [2.24, 2.45) is 0 Å². The summed E-state index contributed by atoms with van der Waals surface area (Å²) < 4.78 is 32.1. The van der Waals surface area contributed by atoms with Crippen LogP contribution in [0.3, 0.4) is 0 Å². The van der Waals surface area contributed by atoms with E-state index in [1.165, 1.54) is 6.92 Å². The zero-order valence-electron chi connectivity index (χ0n) is 5.20. The third kappa shape index (κ3) is 4.72. The molecular formula is C4H9FO2S2. The second-order valence-electron chi connectivity index (χ2n) is 1.71. The van der Waals surface area contributed by atoms with Crippen molar-refractivity contribution in [3.8, 4) is 0 Å². The van der Waals surface area contributed by atoms with Crippen molar-refractivity contribution in [3.05, 3.63) is 0 Å². The van der Waals surface area contributed by atoms with Crippen LogP contribution in [0.5, 0.6) is 0 Å². The van der Waals surface area contributed by atoms with Gasteiger partial charge in [-0.2, -0.15) is 0 Å². The predicted molar refractivity (Wildman–Crippen MR) is 37.9 cm³/mol. The van der Waals surface area contributed by atoms with Crippen LogP contribution in [0.1, 0.15) is 13.8 Å². The van der Waals surface area contributed by atoms with Crippen molar-refractivity contribution >= 4 is 20.5 Å². The summed E-state index contributed by atoms with van der Waals surface area (Å²) in [6.45, 7) is 2.89. The molecule has 2 unspecified atom stereocenters. The second-order valence-corrected chi connectivity index (χ2v) is 4.64. The first-order chi connectivity index (χ1) is 4.04. The fourth-order valence-electron chi connectivity index (χ4n) is 0.220. The highest BCUT2D eigenvalue weighted by molar-refractivity contribution is 8.64. The molecule has 0 spiro atoms. The van der Waals surface area contributed by atoms with Gasteiger partial charge in [0, 0.05) is 5.25 Å². The molecule has 0 aromatic heterocycles. The molecule has 0 heterocycles. The zero-order valence-corrected chi connectivity index (χ0v) is 6.92. The molecule has 0 saturated heterocycles. The maximum Gasteiger partial charge on any atom is 0.191 e. The molecule has 2 nitrogen and oxygen atoms in total. The van der Waals surface area contributed by atoms with Gasteiger partial charge < -0.3 is 0 Å². The van der Waals surface area contributed by atoms with E-state index in [0.717, 1.165) is 0 Å². The Morgan fingerprint density at radius 1 is 1.44 bits per heavy atom. The van der Waals surface area contributed by atoms with E-state index in [1.807, 2.05) is 0 Å². The summed E-state index contributed by atoms with van der Waals surface area (Å²) in [6, 6.07) is 0. The molecule has 0 aliphatic rings. The van der Waals surface area contributed by atoms with Gasteiger partial charge in [0.15, 0.2) is 9.74 Å². The molecule has 0 rings (SSSR count). The number of hydrogen-bond acceptors (Lipinski definition) is 3. The minimum Gasteiger partial charge on any atom is -0.247 e. The van der Waals surface area contributed by atoms with E-state index in [-0.39, 0.29) is 0 Å². The lowest BCUT2D eigenvalue weighted by atomic mass is 10.3. The Labute approximate surface area is 59.2 Å². The van der Waals surface area contributed by atoms with E-state index < -0.39 is 21.2 Å². The summed E-state index contributed by atoms with van der Waals surface area (Å²) in [5.74, 6) is 0. The van der Waals surface area contributed by atoms with Crippen LogP contribution in [0, 0.1) is 0 Å². The van der Waals surface area contributed by atoms with Gasteiger partial charge in [0.05, 0.1) is 0 Å². The van der Waals surface area contributed by atoms with Gasteiger partial charge in [0.1, 0.15) is 6.17 Å². The second kappa shape index (κ2) is 4.11. The molecule has 0 aromatic rings. The quantitative estimate of drug-likeness (QED) is 0.509. The predicted octanol–water partition coefficient (Wildman–Crippen LogP) is 0.993. The molecule has 0 saturated carbocycles. The molecule has 2 atom stereocenters. The SMILES string of the molecule is CC(F)C(C)S[SH](=O)=O. The van der Waals surface area contributed by atoms with E-state index in [9.17, 15) is 12.8 Å². The largest absolute Gasteiger partial charge is 0.247 e. The first-order valence-corrected chi connectivity index (χ1v) is 5.15. The standard InChI is InChI=1S/C4H9FO2S2/c1-3(5)4(2)8-9(6)7/h3-4,9H,1-2H3. The Bertz CT molecular complexity index is 136. The number of thiol groups is 1. The first-order valence-electron chi connectivity index (χ1n) is 2.49. The van der Waals surface area contributed by atoms with Gasteiger partial charge in [-0.25, -0.2) is 12.8 Å². The Balaban J connectivity index is 3.63.